The molecule has 0 aliphatic heterocycles. The fraction of sp³-hybridized carbons (Fsp3) is 0.429. The van der Waals surface area contributed by atoms with Crippen LogP contribution in [-0.4, -0.2) is 29.5 Å². The van der Waals surface area contributed by atoms with E-state index in [0.717, 1.165) is 22.3 Å². The summed E-state index contributed by atoms with van der Waals surface area (Å²) < 4.78 is 11.1. The van der Waals surface area contributed by atoms with Crippen LogP contribution in [0.25, 0.3) is 0 Å². The van der Waals surface area contributed by atoms with E-state index in [-0.39, 0.29) is 19.8 Å². The molecular weight excluding hydrogens is 332 g/mol. The van der Waals surface area contributed by atoms with Crippen LogP contribution >= 0.6 is 0 Å². The summed E-state index contributed by atoms with van der Waals surface area (Å²) >= 11 is 0. The normalized spacial score (nSPS) is 11.5. The van der Waals surface area contributed by atoms with Gasteiger partial charge in [-0.05, 0) is 23.6 Å². The number of ether oxygens (including phenoxy) is 2. The fourth-order valence-electron chi connectivity index (χ4n) is 3.63. The van der Waals surface area contributed by atoms with Crippen molar-refractivity contribution in [3.8, 4) is 11.5 Å². The molecule has 0 aliphatic carbocycles. The maximum Gasteiger partial charge on any atom is 0.128 e. The van der Waals surface area contributed by atoms with Crippen LogP contribution in [0.2, 0.25) is 0 Å². The van der Waals surface area contributed by atoms with Gasteiger partial charge >= 0.3 is 0 Å². The number of aliphatic hydroxyl groups is 3. The van der Waals surface area contributed by atoms with Crippen LogP contribution < -0.4 is 9.47 Å². The van der Waals surface area contributed by atoms with Gasteiger partial charge in [0, 0.05) is 22.1 Å². The van der Waals surface area contributed by atoms with Gasteiger partial charge in [0.2, 0.25) is 0 Å². The average molecular weight is 360 g/mol. The second kappa shape index (κ2) is 8.08. The molecule has 0 amide bonds. The Bertz CT molecular complexity index is 780. The van der Waals surface area contributed by atoms with Crippen molar-refractivity contribution in [2.24, 2.45) is 0 Å². The minimum absolute atomic E-state index is 0.145. The second-order valence-electron chi connectivity index (χ2n) is 6.83. The molecule has 0 heterocycles. The molecule has 0 unspecified atom stereocenters. The zero-order valence-electron chi connectivity index (χ0n) is 16.1. The molecule has 26 heavy (non-hydrogen) atoms. The molecule has 0 aromatic heterocycles. The summed E-state index contributed by atoms with van der Waals surface area (Å²) in [5, 5.41) is 29.3. The predicted octanol–water partition coefficient (Wildman–Crippen LogP) is 2.82. The molecule has 2 rings (SSSR count). The van der Waals surface area contributed by atoms with E-state index >= 15 is 0 Å². The van der Waals surface area contributed by atoms with E-state index in [1.165, 1.54) is 0 Å². The molecule has 0 bridgehead atoms. The summed E-state index contributed by atoms with van der Waals surface area (Å²) in [7, 11) is 3.15. The zero-order valence-corrected chi connectivity index (χ0v) is 16.1. The highest BCUT2D eigenvalue weighted by Crippen LogP contribution is 2.43. The molecule has 0 radical (unpaired) electrons. The number of methoxy groups -OCH3 is 2. The Morgan fingerprint density at radius 3 is 1.85 bits per heavy atom. The molecule has 3 N–H and O–H groups in total. The SMILES string of the molecule is COc1c(C)ccc(C(C)(C)c2ccc(CO)c(CO)c2OC)c1CO. The molecule has 5 nitrogen and oxygen atoms in total. The zero-order chi connectivity index (χ0) is 19.5. The van der Waals surface area contributed by atoms with Gasteiger partial charge in [-0.2, -0.15) is 0 Å². The molecule has 0 aliphatic rings. The Morgan fingerprint density at radius 2 is 1.35 bits per heavy atom. The summed E-state index contributed by atoms with van der Waals surface area (Å²) in [5.41, 5.74) is 4.15. The number of aryl methyl sites for hydroxylation is 1. The van der Waals surface area contributed by atoms with Gasteiger partial charge in [0.05, 0.1) is 34.0 Å². The first-order valence-corrected chi connectivity index (χ1v) is 8.56. The maximum atomic E-state index is 9.99. The lowest BCUT2D eigenvalue weighted by molar-refractivity contribution is 0.252. The molecule has 2 aromatic carbocycles. The third-order valence-corrected chi connectivity index (χ3v) is 5.06. The monoisotopic (exact) mass is 360 g/mol. The van der Waals surface area contributed by atoms with Crippen LogP contribution in [0.3, 0.4) is 0 Å². The smallest absolute Gasteiger partial charge is 0.128 e. The fourth-order valence-corrected chi connectivity index (χ4v) is 3.63. The van der Waals surface area contributed by atoms with Gasteiger partial charge in [-0.1, -0.05) is 38.1 Å². The van der Waals surface area contributed by atoms with Crippen LogP contribution in [0.5, 0.6) is 11.5 Å². The maximum absolute atomic E-state index is 9.99. The Kier molecular flexibility index (Phi) is 6.29. The average Bonchev–Trinajstić information content (AvgIpc) is 2.65. The number of rotatable bonds is 7. The van der Waals surface area contributed by atoms with Gasteiger partial charge in [0.15, 0.2) is 0 Å². The molecule has 142 valence electrons. The standard InChI is InChI=1S/C21H28O5/c1-13-6-8-17(16(12-24)19(13)25-4)21(2,3)18-9-7-14(10-22)15(11-23)20(18)26-5/h6-9,22-24H,10-12H2,1-5H3. The number of aliphatic hydroxyl groups excluding tert-OH is 3. The first-order valence-electron chi connectivity index (χ1n) is 8.56. The quantitative estimate of drug-likeness (QED) is 0.708. The van der Waals surface area contributed by atoms with Crippen LogP contribution in [0.4, 0.5) is 0 Å². The molecule has 0 saturated carbocycles. The van der Waals surface area contributed by atoms with E-state index in [0.29, 0.717) is 22.6 Å². The van der Waals surface area contributed by atoms with Gasteiger partial charge in [0.1, 0.15) is 11.5 Å². The highest BCUT2D eigenvalue weighted by molar-refractivity contribution is 5.57. The van der Waals surface area contributed by atoms with E-state index < -0.39 is 5.41 Å². The van der Waals surface area contributed by atoms with Crippen LogP contribution in [0, 0.1) is 6.92 Å². The van der Waals surface area contributed by atoms with Crippen molar-refractivity contribution in [3.05, 3.63) is 57.6 Å². The summed E-state index contributed by atoms with van der Waals surface area (Å²) in [4.78, 5) is 0. The minimum Gasteiger partial charge on any atom is -0.496 e. The first kappa shape index (κ1) is 20.2. The van der Waals surface area contributed by atoms with Crippen molar-refractivity contribution in [2.45, 2.75) is 46.0 Å². The highest BCUT2D eigenvalue weighted by atomic mass is 16.5. The molecule has 2 aromatic rings. The van der Waals surface area contributed by atoms with Gasteiger partial charge in [0.25, 0.3) is 0 Å². The highest BCUT2D eigenvalue weighted by Gasteiger charge is 2.32. The largest absolute Gasteiger partial charge is 0.496 e. The van der Waals surface area contributed by atoms with E-state index in [1.807, 2.05) is 39.0 Å². The van der Waals surface area contributed by atoms with Crippen molar-refractivity contribution in [1.29, 1.82) is 0 Å². The lowest BCUT2D eigenvalue weighted by atomic mass is 9.74. The third kappa shape index (κ3) is 3.30. The minimum atomic E-state index is -0.526. The van der Waals surface area contributed by atoms with Gasteiger partial charge in [-0.25, -0.2) is 0 Å². The third-order valence-electron chi connectivity index (χ3n) is 5.06. The van der Waals surface area contributed by atoms with E-state index in [4.69, 9.17) is 9.47 Å². The molecule has 0 fully saturated rings. The van der Waals surface area contributed by atoms with E-state index in [9.17, 15) is 15.3 Å². The molecule has 0 spiro atoms. The lowest BCUT2D eigenvalue weighted by Crippen LogP contribution is -2.23. The Hall–Kier alpha value is -2.08. The number of hydrogen-bond donors (Lipinski definition) is 3. The van der Waals surface area contributed by atoms with Crippen LogP contribution in [-0.2, 0) is 25.2 Å². The van der Waals surface area contributed by atoms with Gasteiger partial charge < -0.3 is 24.8 Å². The molecule has 0 saturated heterocycles. The van der Waals surface area contributed by atoms with Crippen molar-refractivity contribution in [1.82, 2.24) is 0 Å². The van der Waals surface area contributed by atoms with Crippen molar-refractivity contribution >= 4 is 0 Å². The lowest BCUT2D eigenvalue weighted by Gasteiger charge is -2.32. The van der Waals surface area contributed by atoms with Gasteiger partial charge in [-0.3, -0.25) is 0 Å². The summed E-state index contributed by atoms with van der Waals surface area (Å²) in [6.45, 7) is 5.46. The summed E-state index contributed by atoms with van der Waals surface area (Å²) in [6.07, 6.45) is 0. The topological polar surface area (TPSA) is 79.2 Å². The van der Waals surface area contributed by atoms with Crippen molar-refractivity contribution in [2.75, 3.05) is 14.2 Å². The van der Waals surface area contributed by atoms with E-state index in [2.05, 4.69) is 0 Å². The predicted molar refractivity (Wildman–Crippen MR) is 101 cm³/mol. The van der Waals surface area contributed by atoms with Crippen LogP contribution in [0.15, 0.2) is 24.3 Å². The van der Waals surface area contributed by atoms with Gasteiger partial charge in [-0.15, -0.1) is 0 Å². The second-order valence-corrected chi connectivity index (χ2v) is 6.83. The Morgan fingerprint density at radius 1 is 0.769 bits per heavy atom. The van der Waals surface area contributed by atoms with Crippen LogP contribution in [0.1, 0.15) is 47.2 Å². The van der Waals surface area contributed by atoms with Crippen molar-refractivity contribution in [3.63, 3.8) is 0 Å². The molecule has 0 atom stereocenters. The number of hydrogen-bond acceptors (Lipinski definition) is 5. The molecule has 5 heteroatoms. The Labute approximate surface area is 154 Å². The first-order chi connectivity index (χ1) is 12.4. The molecular formula is C21H28O5. The van der Waals surface area contributed by atoms with E-state index in [1.54, 1.807) is 20.3 Å². The van der Waals surface area contributed by atoms with Crippen molar-refractivity contribution < 1.29 is 24.8 Å². The number of benzene rings is 2. The summed E-state index contributed by atoms with van der Waals surface area (Å²) in [6, 6.07) is 7.66. The Balaban J connectivity index is 2.76. The summed E-state index contributed by atoms with van der Waals surface area (Å²) in [5.74, 6) is 1.22.